The SMILES string of the molecule is C[C@H](NC(=O)c1ccccc1N)c1ccccc1. The average Bonchev–Trinajstić information content (AvgIpc) is 2.40. The van der Waals surface area contributed by atoms with Gasteiger partial charge in [0.2, 0.25) is 0 Å². The number of amides is 1. The van der Waals surface area contributed by atoms with Gasteiger partial charge in [0.15, 0.2) is 0 Å². The molecular weight excluding hydrogens is 224 g/mol. The van der Waals surface area contributed by atoms with Crippen molar-refractivity contribution in [3.8, 4) is 0 Å². The van der Waals surface area contributed by atoms with Crippen molar-refractivity contribution >= 4 is 11.6 Å². The van der Waals surface area contributed by atoms with Gasteiger partial charge in [0.05, 0.1) is 11.6 Å². The predicted octanol–water partition coefficient (Wildman–Crippen LogP) is 2.76. The fourth-order valence-corrected chi connectivity index (χ4v) is 1.80. The van der Waals surface area contributed by atoms with E-state index in [1.165, 1.54) is 0 Å². The lowest BCUT2D eigenvalue weighted by Gasteiger charge is -2.15. The normalized spacial score (nSPS) is 11.8. The molecule has 2 rings (SSSR count). The highest BCUT2D eigenvalue weighted by Gasteiger charge is 2.12. The Kier molecular flexibility index (Phi) is 3.63. The summed E-state index contributed by atoms with van der Waals surface area (Å²) in [6, 6.07) is 16.9. The molecule has 0 bridgehead atoms. The summed E-state index contributed by atoms with van der Waals surface area (Å²) in [5.74, 6) is -0.149. The second-order valence-corrected chi connectivity index (χ2v) is 4.19. The maximum Gasteiger partial charge on any atom is 0.253 e. The number of carbonyl (C=O) groups excluding carboxylic acids is 1. The Morgan fingerprint density at radius 1 is 1.06 bits per heavy atom. The quantitative estimate of drug-likeness (QED) is 0.810. The monoisotopic (exact) mass is 240 g/mol. The molecular formula is C15H16N2O. The third kappa shape index (κ3) is 2.69. The Labute approximate surface area is 107 Å². The van der Waals surface area contributed by atoms with Crippen molar-refractivity contribution in [2.75, 3.05) is 5.73 Å². The van der Waals surface area contributed by atoms with E-state index in [4.69, 9.17) is 5.73 Å². The highest BCUT2D eigenvalue weighted by atomic mass is 16.1. The van der Waals surface area contributed by atoms with Crippen LogP contribution in [0.3, 0.4) is 0 Å². The van der Waals surface area contributed by atoms with Crippen LogP contribution in [0.25, 0.3) is 0 Å². The molecule has 0 saturated heterocycles. The van der Waals surface area contributed by atoms with E-state index in [9.17, 15) is 4.79 Å². The Morgan fingerprint density at radius 2 is 1.67 bits per heavy atom. The molecule has 0 aromatic heterocycles. The van der Waals surface area contributed by atoms with Gasteiger partial charge in [-0.3, -0.25) is 4.79 Å². The van der Waals surface area contributed by atoms with Gasteiger partial charge in [0, 0.05) is 5.69 Å². The first-order valence-corrected chi connectivity index (χ1v) is 5.89. The van der Waals surface area contributed by atoms with Gasteiger partial charge in [-0.15, -0.1) is 0 Å². The topological polar surface area (TPSA) is 55.1 Å². The number of para-hydroxylation sites is 1. The number of rotatable bonds is 3. The highest BCUT2D eigenvalue weighted by Crippen LogP contribution is 2.15. The van der Waals surface area contributed by atoms with Crippen molar-refractivity contribution in [2.24, 2.45) is 0 Å². The second-order valence-electron chi connectivity index (χ2n) is 4.19. The second kappa shape index (κ2) is 5.36. The number of nitrogens with two attached hydrogens (primary N) is 1. The summed E-state index contributed by atoms with van der Waals surface area (Å²) in [5.41, 5.74) is 7.85. The van der Waals surface area contributed by atoms with Gasteiger partial charge in [-0.2, -0.15) is 0 Å². The van der Waals surface area contributed by atoms with Crippen LogP contribution < -0.4 is 11.1 Å². The fourth-order valence-electron chi connectivity index (χ4n) is 1.80. The molecule has 0 aliphatic heterocycles. The standard InChI is InChI=1S/C15H16N2O/c1-11(12-7-3-2-4-8-12)17-15(18)13-9-5-6-10-14(13)16/h2-11H,16H2,1H3,(H,17,18)/t11-/m0/s1. The molecule has 92 valence electrons. The van der Waals surface area contributed by atoms with E-state index in [0.29, 0.717) is 11.3 Å². The van der Waals surface area contributed by atoms with E-state index < -0.39 is 0 Å². The Morgan fingerprint density at radius 3 is 2.33 bits per heavy atom. The maximum atomic E-state index is 12.1. The summed E-state index contributed by atoms with van der Waals surface area (Å²) in [6.07, 6.45) is 0. The van der Waals surface area contributed by atoms with Crippen molar-refractivity contribution in [3.05, 3.63) is 65.7 Å². The zero-order chi connectivity index (χ0) is 13.0. The molecule has 0 fully saturated rings. The summed E-state index contributed by atoms with van der Waals surface area (Å²) in [6.45, 7) is 1.95. The van der Waals surface area contributed by atoms with Crippen LogP contribution in [0, 0.1) is 0 Å². The van der Waals surface area contributed by atoms with Crippen molar-refractivity contribution in [1.82, 2.24) is 5.32 Å². The van der Waals surface area contributed by atoms with E-state index in [1.807, 2.05) is 43.3 Å². The number of hydrogen-bond donors (Lipinski definition) is 2. The lowest BCUT2D eigenvalue weighted by Crippen LogP contribution is -2.27. The maximum absolute atomic E-state index is 12.1. The van der Waals surface area contributed by atoms with E-state index in [-0.39, 0.29) is 11.9 Å². The molecule has 3 heteroatoms. The number of nitrogen functional groups attached to an aromatic ring is 1. The first-order chi connectivity index (χ1) is 8.68. The molecule has 3 nitrogen and oxygen atoms in total. The molecule has 2 aromatic carbocycles. The predicted molar refractivity (Wildman–Crippen MR) is 73.2 cm³/mol. The Balaban J connectivity index is 2.11. The van der Waals surface area contributed by atoms with E-state index in [0.717, 1.165) is 5.56 Å². The largest absolute Gasteiger partial charge is 0.398 e. The minimum Gasteiger partial charge on any atom is -0.398 e. The first kappa shape index (κ1) is 12.2. The third-order valence-electron chi connectivity index (χ3n) is 2.85. The fraction of sp³-hybridized carbons (Fsp3) is 0.133. The van der Waals surface area contributed by atoms with Gasteiger partial charge >= 0.3 is 0 Å². The number of anilines is 1. The van der Waals surface area contributed by atoms with Gasteiger partial charge in [-0.25, -0.2) is 0 Å². The first-order valence-electron chi connectivity index (χ1n) is 5.89. The average molecular weight is 240 g/mol. The van der Waals surface area contributed by atoms with Crippen LogP contribution in [-0.4, -0.2) is 5.91 Å². The molecule has 0 heterocycles. The van der Waals surface area contributed by atoms with Crippen molar-refractivity contribution < 1.29 is 4.79 Å². The molecule has 3 N–H and O–H groups in total. The van der Waals surface area contributed by atoms with Crippen LogP contribution in [0.1, 0.15) is 28.9 Å². The van der Waals surface area contributed by atoms with E-state index in [2.05, 4.69) is 5.32 Å². The van der Waals surface area contributed by atoms with E-state index in [1.54, 1.807) is 18.2 Å². The Hall–Kier alpha value is -2.29. The zero-order valence-corrected chi connectivity index (χ0v) is 10.3. The molecule has 0 aliphatic rings. The molecule has 18 heavy (non-hydrogen) atoms. The molecule has 0 radical (unpaired) electrons. The molecule has 1 amide bonds. The minimum absolute atomic E-state index is 0.0432. The summed E-state index contributed by atoms with van der Waals surface area (Å²) >= 11 is 0. The molecule has 2 aromatic rings. The summed E-state index contributed by atoms with van der Waals surface area (Å²) in [7, 11) is 0. The summed E-state index contributed by atoms with van der Waals surface area (Å²) in [5, 5.41) is 2.93. The van der Waals surface area contributed by atoms with Gasteiger partial charge in [0.25, 0.3) is 5.91 Å². The third-order valence-corrected chi connectivity index (χ3v) is 2.85. The number of hydrogen-bond acceptors (Lipinski definition) is 2. The van der Waals surface area contributed by atoms with Crippen LogP contribution in [0.4, 0.5) is 5.69 Å². The molecule has 1 atom stereocenters. The molecule has 0 unspecified atom stereocenters. The van der Waals surface area contributed by atoms with E-state index >= 15 is 0 Å². The van der Waals surface area contributed by atoms with Crippen LogP contribution in [0.15, 0.2) is 54.6 Å². The number of benzene rings is 2. The Bertz CT molecular complexity index is 537. The number of nitrogens with one attached hydrogen (secondary N) is 1. The van der Waals surface area contributed by atoms with Crippen LogP contribution in [-0.2, 0) is 0 Å². The van der Waals surface area contributed by atoms with Crippen molar-refractivity contribution in [3.63, 3.8) is 0 Å². The molecule has 0 aliphatic carbocycles. The molecule has 0 saturated carbocycles. The lowest BCUT2D eigenvalue weighted by atomic mass is 10.1. The summed E-state index contributed by atoms with van der Waals surface area (Å²) < 4.78 is 0. The highest BCUT2D eigenvalue weighted by molar-refractivity contribution is 5.99. The van der Waals surface area contributed by atoms with Gasteiger partial charge in [-0.05, 0) is 24.6 Å². The van der Waals surface area contributed by atoms with Gasteiger partial charge < -0.3 is 11.1 Å². The van der Waals surface area contributed by atoms with Crippen LogP contribution >= 0.6 is 0 Å². The van der Waals surface area contributed by atoms with Gasteiger partial charge in [0.1, 0.15) is 0 Å². The molecule has 0 spiro atoms. The zero-order valence-electron chi connectivity index (χ0n) is 10.3. The van der Waals surface area contributed by atoms with Crippen molar-refractivity contribution in [1.29, 1.82) is 0 Å². The smallest absolute Gasteiger partial charge is 0.253 e. The number of carbonyl (C=O) groups is 1. The minimum atomic E-state index is -0.149. The van der Waals surface area contributed by atoms with Gasteiger partial charge in [-0.1, -0.05) is 42.5 Å². The summed E-state index contributed by atoms with van der Waals surface area (Å²) in [4.78, 5) is 12.1. The van der Waals surface area contributed by atoms with Crippen LogP contribution in [0.2, 0.25) is 0 Å². The van der Waals surface area contributed by atoms with Crippen molar-refractivity contribution in [2.45, 2.75) is 13.0 Å². The lowest BCUT2D eigenvalue weighted by molar-refractivity contribution is 0.0941. The van der Waals surface area contributed by atoms with Crippen LogP contribution in [0.5, 0.6) is 0 Å².